The highest BCUT2D eigenvalue weighted by Crippen LogP contribution is 2.19. The van der Waals surface area contributed by atoms with Crippen molar-refractivity contribution in [1.82, 2.24) is 0 Å². The minimum Gasteiger partial charge on any atom is -0.372 e. The molecule has 1 unspecified atom stereocenters. The Balaban J connectivity index is 3.97. The summed E-state index contributed by atoms with van der Waals surface area (Å²) < 4.78 is 5.61. The summed E-state index contributed by atoms with van der Waals surface area (Å²) in [6.07, 6.45) is 6.20. The lowest BCUT2D eigenvalue weighted by Crippen LogP contribution is -2.25. The fourth-order valence-electron chi connectivity index (χ4n) is 1.21. The molecule has 0 aromatic heterocycles. The molecule has 0 aromatic rings. The van der Waals surface area contributed by atoms with E-state index in [1.165, 1.54) is 5.57 Å². The second-order valence-electron chi connectivity index (χ2n) is 3.77. The van der Waals surface area contributed by atoms with Gasteiger partial charge in [-0.15, -0.1) is 6.58 Å². The van der Waals surface area contributed by atoms with Gasteiger partial charge in [-0.3, -0.25) is 0 Å². The minimum atomic E-state index is -0.152. The third-order valence-electron chi connectivity index (χ3n) is 2.10. The van der Waals surface area contributed by atoms with Crippen LogP contribution in [0, 0.1) is 0 Å². The summed E-state index contributed by atoms with van der Waals surface area (Å²) >= 11 is 0. The van der Waals surface area contributed by atoms with E-state index in [0.717, 1.165) is 19.4 Å². The molecule has 1 heteroatoms. The Morgan fingerprint density at radius 3 is 2.46 bits per heavy atom. The highest BCUT2D eigenvalue weighted by molar-refractivity contribution is 4.99. The van der Waals surface area contributed by atoms with E-state index >= 15 is 0 Å². The Hall–Kier alpha value is -0.560. The van der Waals surface area contributed by atoms with Crippen LogP contribution in [0.2, 0.25) is 0 Å². The van der Waals surface area contributed by atoms with Crippen LogP contribution < -0.4 is 0 Å². The SMILES string of the molecule is C=CC(C)(CCC=C(C)C)OCC. The predicted octanol–water partition coefficient (Wildman–Crippen LogP) is 3.71. The standard InChI is InChI=1S/C12H22O/c1-6-12(5,13-7-2)10-8-9-11(3)4/h6,9H,1,7-8,10H2,2-5H3. The fraction of sp³-hybridized carbons (Fsp3) is 0.667. The highest BCUT2D eigenvalue weighted by atomic mass is 16.5. The summed E-state index contributed by atoms with van der Waals surface area (Å²) in [5.74, 6) is 0. The lowest BCUT2D eigenvalue weighted by molar-refractivity contribution is 0.00842. The van der Waals surface area contributed by atoms with Crippen molar-refractivity contribution in [1.29, 1.82) is 0 Å². The molecule has 0 fully saturated rings. The molecule has 0 saturated heterocycles. The first-order valence-electron chi connectivity index (χ1n) is 4.95. The molecule has 1 atom stereocenters. The van der Waals surface area contributed by atoms with Crippen molar-refractivity contribution >= 4 is 0 Å². The molecule has 0 bridgehead atoms. The zero-order valence-electron chi connectivity index (χ0n) is 9.39. The third kappa shape index (κ3) is 5.64. The maximum Gasteiger partial charge on any atom is 0.0834 e. The zero-order chi connectivity index (χ0) is 10.3. The van der Waals surface area contributed by atoms with E-state index in [1.807, 2.05) is 13.0 Å². The molecular formula is C12H22O. The Kier molecular flexibility index (Phi) is 5.72. The minimum absolute atomic E-state index is 0.152. The van der Waals surface area contributed by atoms with Crippen LogP contribution >= 0.6 is 0 Å². The van der Waals surface area contributed by atoms with Crippen molar-refractivity contribution in [2.45, 2.75) is 46.1 Å². The summed E-state index contributed by atoms with van der Waals surface area (Å²) in [5, 5.41) is 0. The molecule has 13 heavy (non-hydrogen) atoms. The largest absolute Gasteiger partial charge is 0.372 e. The number of hydrogen-bond acceptors (Lipinski definition) is 1. The van der Waals surface area contributed by atoms with Crippen LogP contribution in [0.3, 0.4) is 0 Å². The molecule has 0 aromatic carbocycles. The normalized spacial score (nSPS) is 14.8. The van der Waals surface area contributed by atoms with Crippen molar-refractivity contribution < 1.29 is 4.74 Å². The van der Waals surface area contributed by atoms with Crippen LogP contribution in [0.5, 0.6) is 0 Å². The molecule has 0 N–H and O–H groups in total. The van der Waals surface area contributed by atoms with Gasteiger partial charge in [-0.1, -0.05) is 17.7 Å². The van der Waals surface area contributed by atoms with Crippen LogP contribution in [0.25, 0.3) is 0 Å². The Morgan fingerprint density at radius 1 is 1.46 bits per heavy atom. The van der Waals surface area contributed by atoms with Crippen molar-refractivity contribution in [3.8, 4) is 0 Å². The van der Waals surface area contributed by atoms with Crippen molar-refractivity contribution in [2.75, 3.05) is 6.61 Å². The Bertz CT molecular complexity index is 178. The van der Waals surface area contributed by atoms with Gasteiger partial charge in [-0.05, 0) is 40.5 Å². The van der Waals surface area contributed by atoms with Gasteiger partial charge in [0.05, 0.1) is 5.60 Å². The Morgan fingerprint density at radius 2 is 2.08 bits per heavy atom. The second kappa shape index (κ2) is 5.98. The van der Waals surface area contributed by atoms with E-state index in [-0.39, 0.29) is 5.60 Å². The molecule has 0 amide bonds. The molecule has 0 rings (SSSR count). The van der Waals surface area contributed by atoms with Crippen LogP contribution in [-0.4, -0.2) is 12.2 Å². The van der Waals surface area contributed by atoms with Gasteiger partial charge in [-0.25, -0.2) is 0 Å². The molecule has 76 valence electrons. The van der Waals surface area contributed by atoms with E-state index in [9.17, 15) is 0 Å². The van der Waals surface area contributed by atoms with Crippen molar-refractivity contribution in [3.63, 3.8) is 0 Å². The van der Waals surface area contributed by atoms with E-state index < -0.39 is 0 Å². The molecular weight excluding hydrogens is 160 g/mol. The van der Waals surface area contributed by atoms with Crippen LogP contribution in [0.4, 0.5) is 0 Å². The number of ether oxygens (including phenoxy) is 1. The van der Waals surface area contributed by atoms with Gasteiger partial charge in [0.2, 0.25) is 0 Å². The summed E-state index contributed by atoms with van der Waals surface area (Å²) in [5.41, 5.74) is 1.21. The van der Waals surface area contributed by atoms with Crippen molar-refractivity contribution in [3.05, 3.63) is 24.3 Å². The number of hydrogen-bond donors (Lipinski definition) is 0. The average molecular weight is 182 g/mol. The van der Waals surface area contributed by atoms with Crippen molar-refractivity contribution in [2.24, 2.45) is 0 Å². The van der Waals surface area contributed by atoms with Gasteiger partial charge >= 0.3 is 0 Å². The number of allylic oxidation sites excluding steroid dienone is 2. The van der Waals surface area contributed by atoms with Gasteiger partial charge in [0.25, 0.3) is 0 Å². The topological polar surface area (TPSA) is 9.23 Å². The van der Waals surface area contributed by atoms with E-state index in [1.54, 1.807) is 0 Å². The Labute approximate surface area is 82.5 Å². The molecule has 0 spiro atoms. The quantitative estimate of drug-likeness (QED) is 0.569. The first kappa shape index (κ1) is 12.4. The molecule has 0 aliphatic rings. The van der Waals surface area contributed by atoms with E-state index in [0.29, 0.717) is 0 Å². The lowest BCUT2D eigenvalue weighted by atomic mass is 9.99. The number of rotatable bonds is 6. The average Bonchev–Trinajstić information content (AvgIpc) is 2.04. The zero-order valence-corrected chi connectivity index (χ0v) is 9.39. The molecule has 0 aliphatic carbocycles. The van der Waals surface area contributed by atoms with Gasteiger partial charge < -0.3 is 4.74 Å². The molecule has 1 nitrogen and oxygen atoms in total. The van der Waals surface area contributed by atoms with Crippen LogP contribution in [0.15, 0.2) is 24.3 Å². The first-order chi connectivity index (χ1) is 6.04. The van der Waals surface area contributed by atoms with Gasteiger partial charge in [0.1, 0.15) is 0 Å². The maximum absolute atomic E-state index is 5.61. The summed E-state index contributed by atoms with van der Waals surface area (Å²) in [6, 6.07) is 0. The first-order valence-corrected chi connectivity index (χ1v) is 4.95. The molecule has 0 radical (unpaired) electrons. The predicted molar refractivity (Wildman–Crippen MR) is 58.9 cm³/mol. The molecule has 0 aliphatic heterocycles. The van der Waals surface area contributed by atoms with Crippen LogP contribution in [-0.2, 0) is 4.74 Å². The summed E-state index contributed by atoms with van der Waals surface area (Å²) in [7, 11) is 0. The monoisotopic (exact) mass is 182 g/mol. The fourth-order valence-corrected chi connectivity index (χ4v) is 1.21. The summed E-state index contributed by atoms with van der Waals surface area (Å²) in [4.78, 5) is 0. The molecule has 0 saturated carbocycles. The van der Waals surface area contributed by atoms with Gasteiger partial charge in [0, 0.05) is 6.61 Å². The smallest absolute Gasteiger partial charge is 0.0834 e. The van der Waals surface area contributed by atoms with E-state index in [2.05, 4.69) is 33.4 Å². The third-order valence-corrected chi connectivity index (χ3v) is 2.10. The molecule has 0 heterocycles. The highest BCUT2D eigenvalue weighted by Gasteiger charge is 2.18. The second-order valence-corrected chi connectivity index (χ2v) is 3.77. The maximum atomic E-state index is 5.61. The van der Waals surface area contributed by atoms with Gasteiger partial charge in [0.15, 0.2) is 0 Å². The summed E-state index contributed by atoms with van der Waals surface area (Å²) in [6.45, 7) is 12.9. The van der Waals surface area contributed by atoms with Crippen LogP contribution in [0.1, 0.15) is 40.5 Å². The van der Waals surface area contributed by atoms with E-state index in [4.69, 9.17) is 4.74 Å². The van der Waals surface area contributed by atoms with Gasteiger partial charge in [-0.2, -0.15) is 0 Å². The lowest BCUT2D eigenvalue weighted by Gasteiger charge is -2.25.